The minimum absolute atomic E-state index is 0.506. The maximum absolute atomic E-state index is 12.3. The molecule has 0 unspecified atom stereocenters. The third-order valence-electron chi connectivity index (χ3n) is 5.08. The normalized spacial score (nSPS) is 40.4. The third-order valence-corrected chi connectivity index (χ3v) is 5.70. The molecule has 4 aliphatic rings. The van der Waals surface area contributed by atoms with Gasteiger partial charge in [0.25, 0.3) is 0 Å². The molecule has 0 spiro atoms. The average molecular weight is 285 g/mol. The predicted octanol–water partition coefficient (Wildman–Crippen LogP) is 0.886. The summed E-state index contributed by atoms with van der Waals surface area (Å²) in [5, 5.41) is 0. The highest BCUT2D eigenvalue weighted by Crippen LogP contribution is 2.60. The highest BCUT2D eigenvalue weighted by Gasteiger charge is 2.55. The lowest BCUT2D eigenvalue weighted by molar-refractivity contribution is -0.152. The zero-order chi connectivity index (χ0) is 13.8. The Kier molecular flexibility index (Phi) is 2.87. The van der Waals surface area contributed by atoms with Crippen LogP contribution in [0.25, 0.3) is 0 Å². The maximum atomic E-state index is 12.3. The van der Waals surface area contributed by atoms with Crippen molar-refractivity contribution in [2.24, 2.45) is 23.2 Å². The first-order valence-electron chi connectivity index (χ1n) is 6.79. The van der Waals surface area contributed by atoms with Crippen molar-refractivity contribution < 1.29 is 22.6 Å². The first-order valence-corrected chi connectivity index (χ1v) is 8.36. The maximum Gasteiger partial charge on any atom is 0.212 e. The topological polar surface area (TPSA) is 91.3 Å². The van der Waals surface area contributed by atoms with Gasteiger partial charge in [-0.05, 0) is 56.3 Å². The number of carbonyl (C=O) groups excluding carboxylic acids is 2. The van der Waals surface area contributed by atoms with E-state index < -0.39 is 32.9 Å². The second-order valence-electron chi connectivity index (χ2n) is 6.65. The molecule has 106 valence electrons. The zero-order valence-electron chi connectivity index (χ0n) is 10.6. The van der Waals surface area contributed by atoms with E-state index in [0.717, 1.165) is 19.3 Å². The lowest BCUT2D eigenvalue weighted by Gasteiger charge is -2.55. The molecule has 0 amide bonds. The first kappa shape index (κ1) is 13.2. The second-order valence-corrected chi connectivity index (χ2v) is 8.06. The van der Waals surface area contributed by atoms with Crippen molar-refractivity contribution in [2.45, 2.75) is 38.5 Å². The Hall–Kier alpha value is -0.750. The highest BCUT2D eigenvalue weighted by atomic mass is 32.2. The summed E-state index contributed by atoms with van der Waals surface area (Å²) in [4.78, 5) is 24.1. The number of Topliss-reactive ketones (excluding diaryl/α,β-unsaturated/α-hetero) is 2. The molecule has 5 nitrogen and oxygen atoms in total. The molecule has 0 aliphatic heterocycles. The standard InChI is InChI=1S/C13H18O5S/c14-11(7-19(16,17)18)12(15)13-4-8-1-9(5-13)3-10(2-8)6-13/h8-10H,1-7H2,(H,16,17,18)/p-1. The Morgan fingerprint density at radius 3 is 1.79 bits per heavy atom. The third kappa shape index (κ3) is 2.36. The van der Waals surface area contributed by atoms with Crippen LogP contribution in [0.2, 0.25) is 0 Å². The number of ketones is 2. The Labute approximate surface area is 112 Å². The molecule has 0 atom stereocenters. The van der Waals surface area contributed by atoms with Gasteiger partial charge >= 0.3 is 0 Å². The molecule has 0 saturated heterocycles. The van der Waals surface area contributed by atoms with Crippen LogP contribution >= 0.6 is 0 Å². The van der Waals surface area contributed by atoms with E-state index in [2.05, 4.69) is 0 Å². The molecule has 0 aromatic carbocycles. The van der Waals surface area contributed by atoms with Crippen LogP contribution in [0.15, 0.2) is 0 Å². The van der Waals surface area contributed by atoms with Crippen LogP contribution in [-0.4, -0.2) is 30.3 Å². The van der Waals surface area contributed by atoms with Crippen molar-refractivity contribution in [3.63, 3.8) is 0 Å². The largest absolute Gasteiger partial charge is 0.748 e. The second kappa shape index (κ2) is 4.12. The van der Waals surface area contributed by atoms with E-state index in [0.29, 0.717) is 37.0 Å². The van der Waals surface area contributed by atoms with Crippen molar-refractivity contribution in [1.29, 1.82) is 0 Å². The molecule has 0 aromatic rings. The fourth-order valence-electron chi connectivity index (χ4n) is 4.91. The number of carbonyl (C=O) groups is 2. The number of rotatable bonds is 4. The van der Waals surface area contributed by atoms with E-state index in [4.69, 9.17) is 0 Å². The Morgan fingerprint density at radius 2 is 1.42 bits per heavy atom. The van der Waals surface area contributed by atoms with Crippen LogP contribution in [0.4, 0.5) is 0 Å². The monoisotopic (exact) mass is 285 g/mol. The SMILES string of the molecule is O=C(CS(=O)(=O)[O-])C(=O)C12CC3CC(CC(C3)C1)C2. The molecule has 19 heavy (non-hydrogen) atoms. The van der Waals surface area contributed by atoms with Crippen molar-refractivity contribution >= 4 is 21.7 Å². The Balaban J connectivity index is 1.81. The van der Waals surface area contributed by atoms with Gasteiger partial charge in [-0.3, -0.25) is 9.59 Å². The fraction of sp³-hybridized carbons (Fsp3) is 0.846. The molecule has 4 saturated carbocycles. The van der Waals surface area contributed by atoms with E-state index in [9.17, 15) is 22.6 Å². The van der Waals surface area contributed by atoms with E-state index >= 15 is 0 Å². The molecule has 4 aliphatic carbocycles. The van der Waals surface area contributed by atoms with Gasteiger partial charge < -0.3 is 4.55 Å². The van der Waals surface area contributed by atoms with Crippen LogP contribution < -0.4 is 0 Å². The summed E-state index contributed by atoms with van der Waals surface area (Å²) in [7, 11) is -4.66. The van der Waals surface area contributed by atoms with Crippen LogP contribution in [0.5, 0.6) is 0 Å². The van der Waals surface area contributed by atoms with Gasteiger partial charge in [0.15, 0.2) is 0 Å². The highest BCUT2D eigenvalue weighted by molar-refractivity contribution is 7.86. The van der Waals surface area contributed by atoms with Crippen molar-refractivity contribution in [1.82, 2.24) is 0 Å². The lowest BCUT2D eigenvalue weighted by Crippen LogP contribution is -2.52. The fourth-order valence-corrected chi connectivity index (χ4v) is 5.36. The van der Waals surface area contributed by atoms with E-state index in [1.165, 1.54) is 0 Å². The van der Waals surface area contributed by atoms with Gasteiger partial charge in [-0.25, -0.2) is 8.42 Å². The van der Waals surface area contributed by atoms with Gasteiger partial charge in [0.1, 0.15) is 15.9 Å². The summed E-state index contributed by atoms with van der Waals surface area (Å²) in [5.41, 5.74) is -0.642. The van der Waals surface area contributed by atoms with Gasteiger partial charge in [-0.2, -0.15) is 0 Å². The average Bonchev–Trinajstić information content (AvgIpc) is 2.23. The van der Waals surface area contributed by atoms with Crippen LogP contribution in [0.1, 0.15) is 38.5 Å². The Morgan fingerprint density at radius 1 is 1.00 bits per heavy atom. The van der Waals surface area contributed by atoms with E-state index in [1.54, 1.807) is 0 Å². The summed E-state index contributed by atoms with van der Waals surface area (Å²) in [6.45, 7) is 0. The number of hydrogen-bond donors (Lipinski definition) is 0. The molecule has 0 heterocycles. The minimum Gasteiger partial charge on any atom is -0.748 e. The van der Waals surface area contributed by atoms with Gasteiger partial charge in [-0.1, -0.05) is 0 Å². The smallest absolute Gasteiger partial charge is 0.212 e. The van der Waals surface area contributed by atoms with Crippen molar-refractivity contribution in [3.05, 3.63) is 0 Å². The summed E-state index contributed by atoms with van der Waals surface area (Å²) >= 11 is 0. The quantitative estimate of drug-likeness (QED) is 0.565. The molecule has 4 fully saturated rings. The number of hydrogen-bond acceptors (Lipinski definition) is 5. The van der Waals surface area contributed by atoms with Gasteiger partial charge in [0.2, 0.25) is 11.6 Å². The molecule has 0 aromatic heterocycles. The Bertz CT molecular complexity index is 498. The van der Waals surface area contributed by atoms with Crippen LogP contribution in [0, 0.1) is 23.2 Å². The summed E-state index contributed by atoms with van der Waals surface area (Å²) < 4.78 is 31.9. The summed E-state index contributed by atoms with van der Waals surface area (Å²) in [6, 6.07) is 0. The zero-order valence-corrected chi connectivity index (χ0v) is 11.4. The van der Waals surface area contributed by atoms with Crippen molar-refractivity contribution in [2.75, 3.05) is 5.75 Å². The predicted molar refractivity (Wildman–Crippen MR) is 65.2 cm³/mol. The molecular weight excluding hydrogens is 268 g/mol. The summed E-state index contributed by atoms with van der Waals surface area (Å²) in [6.07, 6.45) is 5.55. The molecule has 4 rings (SSSR count). The lowest BCUT2D eigenvalue weighted by atomic mass is 9.48. The molecule has 6 heteroatoms. The van der Waals surface area contributed by atoms with Gasteiger partial charge in [-0.15, -0.1) is 0 Å². The van der Waals surface area contributed by atoms with Gasteiger partial charge in [0, 0.05) is 5.41 Å². The van der Waals surface area contributed by atoms with E-state index in [-0.39, 0.29) is 0 Å². The van der Waals surface area contributed by atoms with E-state index in [1.807, 2.05) is 0 Å². The minimum atomic E-state index is -4.66. The molecule has 0 radical (unpaired) electrons. The van der Waals surface area contributed by atoms with Crippen molar-refractivity contribution in [3.8, 4) is 0 Å². The van der Waals surface area contributed by atoms with Gasteiger partial charge in [0.05, 0.1) is 0 Å². The summed E-state index contributed by atoms with van der Waals surface area (Å²) in [5.74, 6) is -1.25. The van der Waals surface area contributed by atoms with Crippen LogP contribution in [0.3, 0.4) is 0 Å². The first-order chi connectivity index (χ1) is 8.77. The van der Waals surface area contributed by atoms with Crippen LogP contribution in [-0.2, 0) is 19.7 Å². The molecular formula is C13H17O5S-. The molecule has 0 N–H and O–H groups in total. The molecule has 4 bridgehead atoms.